The molecule has 0 atom stereocenters. The fourth-order valence-electron chi connectivity index (χ4n) is 1.99. The molecule has 0 saturated carbocycles. The first-order chi connectivity index (χ1) is 9.13. The molecule has 1 saturated heterocycles. The van der Waals surface area contributed by atoms with Crippen molar-refractivity contribution < 1.29 is 18.7 Å². The number of hydrogen-bond acceptors (Lipinski definition) is 4. The van der Waals surface area contributed by atoms with E-state index in [0.29, 0.717) is 36.4 Å². The molecule has 0 aliphatic carbocycles. The molecule has 1 aromatic heterocycles. The zero-order chi connectivity index (χ0) is 13.8. The average molecular weight is 331 g/mol. The number of ether oxygens (including phenoxy) is 1. The van der Waals surface area contributed by atoms with Crippen LogP contribution < -0.4 is 0 Å². The lowest BCUT2D eigenvalue weighted by atomic mass is 10.2. The normalized spacial score (nSPS) is 15.7. The van der Waals surface area contributed by atoms with Crippen molar-refractivity contribution in [1.82, 2.24) is 9.80 Å². The summed E-state index contributed by atoms with van der Waals surface area (Å²) in [4.78, 5) is 27.2. The Morgan fingerprint density at radius 1 is 1.32 bits per heavy atom. The summed E-state index contributed by atoms with van der Waals surface area (Å²) in [6, 6.07) is 1.63. The molecule has 19 heavy (non-hydrogen) atoms. The summed E-state index contributed by atoms with van der Waals surface area (Å²) in [6.07, 6.45) is 1.47. The number of nitrogens with zero attached hydrogens (tertiary/aromatic N) is 2. The lowest BCUT2D eigenvalue weighted by molar-refractivity contribution is -0.136. The standard InChI is InChI=1S/C12H15BrN2O4/c1-18-8-10(16)14-3-5-15(6-4-14)12(17)9-2-7-19-11(9)13/h2,7H,3-6,8H2,1H3. The number of methoxy groups -OCH3 is 1. The third-order valence-electron chi connectivity index (χ3n) is 3.04. The van der Waals surface area contributed by atoms with Crippen LogP contribution in [-0.2, 0) is 9.53 Å². The highest BCUT2D eigenvalue weighted by Crippen LogP contribution is 2.20. The minimum absolute atomic E-state index is 0.0425. The number of halogens is 1. The number of rotatable bonds is 3. The zero-order valence-electron chi connectivity index (χ0n) is 10.6. The molecular weight excluding hydrogens is 316 g/mol. The Labute approximate surface area is 119 Å². The fraction of sp³-hybridized carbons (Fsp3) is 0.500. The number of carbonyl (C=O) groups is 2. The van der Waals surface area contributed by atoms with Gasteiger partial charge >= 0.3 is 0 Å². The quantitative estimate of drug-likeness (QED) is 0.828. The second kappa shape index (κ2) is 6.21. The summed E-state index contributed by atoms with van der Waals surface area (Å²) in [7, 11) is 1.49. The van der Waals surface area contributed by atoms with Gasteiger partial charge in [-0.1, -0.05) is 0 Å². The third-order valence-corrected chi connectivity index (χ3v) is 3.65. The van der Waals surface area contributed by atoms with E-state index in [-0.39, 0.29) is 18.4 Å². The Kier molecular flexibility index (Phi) is 4.60. The van der Waals surface area contributed by atoms with Crippen LogP contribution in [0.2, 0.25) is 0 Å². The molecule has 0 radical (unpaired) electrons. The maximum absolute atomic E-state index is 12.2. The largest absolute Gasteiger partial charge is 0.457 e. The van der Waals surface area contributed by atoms with Crippen molar-refractivity contribution in [2.45, 2.75) is 0 Å². The number of hydrogen-bond donors (Lipinski definition) is 0. The molecule has 2 rings (SSSR count). The summed E-state index contributed by atoms with van der Waals surface area (Å²) < 4.78 is 10.3. The maximum Gasteiger partial charge on any atom is 0.258 e. The van der Waals surface area contributed by atoms with E-state index in [4.69, 9.17) is 9.15 Å². The van der Waals surface area contributed by atoms with Crippen molar-refractivity contribution in [3.05, 3.63) is 22.6 Å². The van der Waals surface area contributed by atoms with Crippen LogP contribution in [-0.4, -0.2) is 61.5 Å². The van der Waals surface area contributed by atoms with E-state index in [2.05, 4.69) is 15.9 Å². The molecule has 1 aliphatic rings. The molecule has 0 spiro atoms. The van der Waals surface area contributed by atoms with Gasteiger partial charge in [-0.15, -0.1) is 0 Å². The van der Waals surface area contributed by atoms with Gasteiger partial charge in [0.25, 0.3) is 5.91 Å². The van der Waals surface area contributed by atoms with Gasteiger partial charge in [0.05, 0.1) is 11.8 Å². The van der Waals surface area contributed by atoms with Crippen LogP contribution in [0, 0.1) is 0 Å². The minimum atomic E-state index is -0.0838. The molecule has 0 unspecified atom stereocenters. The van der Waals surface area contributed by atoms with Crippen molar-refractivity contribution in [1.29, 1.82) is 0 Å². The van der Waals surface area contributed by atoms with Gasteiger partial charge in [0, 0.05) is 33.3 Å². The Morgan fingerprint density at radius 2 is 1.95 bits per heavy atom. The number of piperazine rings is 1. The molecule has 2 amide bonds. The average Bonchev–Trinajstić information content (AvgIpc) is 2.84. The van der Waals surface area contributed by atoms with Crippen molar-refractivity contribution in [2.75, 3.05) is 39.9 Å². The molecule has 7 heteroatoms. The summed E-state index contributed by atoms with van der Waals surface area (Å²) in [5, 5.41) is 0. The van der Waals surface area contributed by atoms with E-state index in [1.807, 2.05) is 0 Å². The molecule has 6 nitrogen and oxygen atoms in total. The predicted molar refractivity (Wildman–Crippen MR) is 70.8 cm³/mol. The first-order valence-electron chi connectivity index (χ1n) is 5.92. The Balaban J connectivity index is 1.92. The van der Waals surface area contributed by atoms with Gasteiger partial charge in [-0.2, -0.15) is 0 Å². The molecule has 1 fully saturated rings. The van der Waals surface area contributed by atoms with Crippen molar-refractivity contribution in [3.8, 4) is 0 Å². The highest BCUT2D eigenvalue weighted by Gasteiger charge is 2.26. The third kappa shape index (κ3) is 3.16. The molecule has 1 aromatic rings. The smallest absolute Gasteiger partial charge is 0.258 e. The highest BCUT2D eigenvalue weighted by molar-refractivity contribution is 9.10. The van der Waals surface area contributed by atoms with Crippen molar-refractivity contribution in [2.24, 2.45) is 0 Å². The van der Waals surface area contributed by atoms with Gasteiger partial charge in [0.2, 0.25) is 5.91 Å². The van der Waals surface area contributed by atoms with Gasteiger partial charge in [-0.25, -0.2) is 0 Å². The highest BCUT2D eigenvalue weighted by atomic mass is 79.9. The lowest BCUT2D eigenvalue weighted by Gasteiger charge is -2.34. The summed E-state index contributed by atoms with van der Waals surface area (Å²) >= 11 is 3.19. The number of amides is 2. The van der Waals surface area contributed by atoms with Gasteiger partial charge in [-0.05, 0) is 22.0 Å². The van der Waals surface area contributed by atoms with E-state index in [1.54, 1.807) is 15.9 Å². The molecule has 0 N–H and O–H groups in total. The van der Waals surface area contributed by atoms with Gasteiger partial charge in [-0.3, -0.25) is 9.59 Å². The first-order valence-corrected chi connectivity index (χ1v) is 6.71. The summed E-state index contributed by atoms with van der Waals surface area (Å²) in [5.74, 6) is -0.126. The SMILES string of the molecule is COCC(=O)N1CCN(C(=O)c2ccoc2Br)CC1. The Hall–Kier alpha value is -1.34. The summed E-state index contributed by atoms with van der Waals surface area (Å²) in [6.45, 7) is 2.19. The molecule has 2 heterocycles. The zero-order valence-corrected chi connectivity index (χ0v) is 12.2. The van der Waals surface area contributed by atoms with E-state index < -0.39 is 0 Å². The monoisotopic (exact) mass is 330 g/mol. The minimum Gasteiger partial charge on any atom is -0.457 e. The van der Waals surface area contributed by atoms with Gasteiger partial charge in [0.1, 0.15) is 6.61 Å². The van der Waals surface area contributed by atoms with Gasteiger partial charge < -0.3 is 19.0 Å². The van der Waals surface area contributed by atoms with Crippen LogP contribution in [0.15, 0.2) is 21.4 Å². The molecule has 0 aromatic carbocycles. The Morgan fingerprint density at radius 3 is 2.47 bits per heavy atom. The van der Waals surface area contributed by atoms with Crippen LogP contribution >= 0.6 is 15.9 Å². The van der Waals surface area contributed by atoms with E-state index in [1.165, 1.54) is 13.4 Å². The van der Waals surface area contributed by atoms with E-state index >= 15 is 0 Å². The summed E-state index contributed by atoms with van der Waals surface area (Å²) in [5.41, 5.74) is 0.511. The van der Waals surface area contributed by atoms with Crippen molar-refractivity contribution in [3.63, 3.8) is 0 Å². The van der Waals surface area contributed by atoms with Gasteiger partial charge in [0.15, 0.2) is 4.67 Å². The lowest BCUT2D eigenvalue weighted by Crippen LogP contribution is -2.51. The molecule has 104 valence electrons. The fourth-order valence-corrected chi connectivity index (χ4v) is 2.40. The topological polar surface area (TPSA) is 63.0 Å². The first kappa shape index (κ1) is 14.1. The Bertz CT molecular complexity index is 466. The van der Waals surface area contributed by atoms with E-state index in [0.717, 1.165) is 0 Å². The maximum atomic E-state index is 12.2. The van der Waals surface area contributed by atoms with Crippen LogP contribution in [0.25, 0.3) is 0 Å². The van der Waals surface area contributed by atoms with E-state index in [9.17, 15) is 9.59 Å². The second-order valence-electron chi connectivity index (χ2n) is 4.21. The number of carbonyl (C=O) groups excluding carboxylic acids is 2. The molecule has 0 bridgehead atoms. The van der Waals surface area contributed by atoms with Crippen LogP contribution in [0.3, 0.4) is 0 Å². The number of furan rings is 1. The second-order valence-corrected chi connectivity index (χ2v) is 4.93. The molecular formula is C12H15BrN2O4. The predicted octanol–water partition coefficient (Wildman–Crippen LogP) is 0.973. The van der Waals surface area contributed by atoms with Crippen LogP contribution in [0.4, 0.5) is 0 Å². The molecule has 1 aliphatic heterocycles. The van der Waals surface area contributed by atoms with Crippen LogP contribution in [0.5, 0.6) is 0 Å². The van der Waals surface area contributed by atoms with Crippen LogP contribution in [0.1, 0.15) is 10.4 Å². The van der Waals surface area contributed by atoms with Crippen molar-refractivity contribution >= 4 is 27.7 Å².